The number of nitrogens with zero attached hydrogens (tertiary/aromatic N) is 1. The highest BCUT2D eigenvalue weighted by Crippen LogP contribution is 2.27. The number of hydrogen-bond donors (Lipinski definition) is 2. The van der Waals surface area contributed by atoms with Crippen molar-refractivity contribution >= 4 is 17.5 Å². The van der Waals surface area contributed by atoms with Crippen molar-refractivity contribution in [3.63, 3.8) is 0 Å². The third-order valence-electron chi connectivity index (χ3n) is 4.56. The van der Waals surface area contributed by atoms with Crippen LogP contribution in [0.2, 0.25) is 0 Å². The highest BCUT2D eigenvalue weighted by molar-refractivity contribution is 5.94. The highest BCUT2D eigenvalue weighted by atomic mass is 19.1. The zero-order valence-corrected chi connectivity index (χ0v) is 15.5. The van der Waals surface area contributed by atoms with Gasteiger partial charge in [-0.3, -0.25) is 9.59 Å². The molecule has 148 valence electrons. The highest BCUT2D eigenvalue weighted by Gasteiger charge is 2.23. The molecule has 1 aliphatic carbocycles. The minimum atomic E-state index is -0.561. The lowest BCUT2D eigenvalue weighted by Gasteiger charge is -2.23. The molecule has 0 heterocycles. The lowest BCUT2D eigenvalue weighted by atomic mass is 10.2. The Morgan fingerprint density at radius 2 is 1.68 bits per heavy atom. The van der Waals surface area contributed by atoms with Crippen molar-refractivity contribution in [3.05, 3.63) is 65.7 Å². The van der Waals surface area contributed by atoms with E-state index in [0.717, 1.165) is 19.4 Å². The first-order valence-corrected chi connectivity index (χ1v) is 9.29. The molecule has 0 aromatic heterocycles. The summed E-state index contributed by atoms with van der Waals surface area (Å²) in [6.45, 7) is 0.479. The third kappa shape index (κ3) is 5.85. The van der Waals surface area contributed by atoms with E-state index >= 15 is 0 Å². The molecule has 0 bridgehead atoms. The van der Waals surface area contributed by atoms with E-state index in [2.05, 4.69) is 10.6 Å². The molecule has 1 saturated carbocycles. The quantitative estimate of drug-likeness (QED) is 0.696. The van der Waals surface area contributed by atoms with Crippen LogP contribution in [0.4, 0.5) is 14.5 Å². The maximum atomic E-state index is 14.0. The normalized spacial score (nSPS) is 13.2. The molecule has 7 heteroatoms. The smallest absolute Gasteiger partial charge is 0.244 e. The maximum Gasteiger partial charge on any atom is 0.244 e. The summed E-state index contributed by atoms with van der Waals surface area (Å²) in [5, 5.41) is 5.54. The number of amides is 2. The summed E-state index contributed by atoms with van der Waals surface area (Å²) in [4.78, 5) is 26.2. The summed E-state index contributed by atoms with van der Waals surface area (Å²) in [7, 11) is 0. The van der Waals surface area contributed by atoms with Crippen LogP contribution in [0.15, 0.2) is 48.5 Å². The molecule has 3 rings (SSSR count). The van der Waals surface area contributed by atoms with Crippen molar-refractivity contribution in [1.82, 2.24) is 10.2 Å². The van der Waals surface area contributed by atoms with Gasteiger partial charge in [-0.25, -0.2) is 8.78 Å². The number of carbonyl (C=O) groups excluding carboxylic acids is 2. The number of benzene rings is 2. The topological polar surface area (TPSA) is 61.4 Å². The van der Waals surface area contributed by atoms with E-state index in [4.69, 9.17) is 0 Å². The predicted octanol–water partition coefficient (Wildman–Crippen LogP) is 2.93. The lowest BCUT2D eigenvalue weighted by molar-refractivity contribution is -0.134. The number of rotatable bonds is 9. The molecule has 0 unspecified atom stereocenters. The number of hydrogen-bond acceptors (Lipinski definition) is 3. The van der Waals surface area contributed by atoms with Crippen LogP contribution in [0.25, 0.3) is 0 Å². The Kier molecular flexibility index (Phi) is 6.71. The molecule has 5 nitrogen and oxygen atoms in total. The van der Waals surface area contributed by atoms with Gasteiger partial charge in [0, 0.05) is 12.1 Å². The van der Waals surface area contributed by atoms with Crippen molar-refractivity contribution in [2.24, 2.45) is 5.92 Å². The summed E-state index contributed by atoms with van der Waals surface area (Å²) in [5.41, 5.74) is 0.356. The monoisotopic (exact) mass is 387 g/mol. The van der Waals surface area contributed by atoms with Gasteiger partial charge in [0.05, 0.1) is 12.2 Å². The predicted molar refractivity (Wildman–Crippen MR) is 102 cm³/mol. The van der Waals surface area contributed by atoms with Gasteiger partial charge in [0.2, 0.25) is 11.8 Å². The Hall–Kier alpha value is -2.80. The molecule has 28 heavy (non-hydrogen) atoms. The Morgan fingerprint density at radius 1 is 1.00 bits per heavy atom. The van der Waals surface area contributed by atoms with E-state index in [9.17, 15) is 18.4 Å². The number of para-hydroxylation sites is 1. The Balaban J connectivity index is 1.65. The molecule has 2 N–H and O–H groups in total. The van der Waals surface area contributed by atoms with Crippen molar-refractivity contribution in [2.75, 3.05) is 25.0 Å². The number of carbonyl (C=O) groups is 2. The van der Waals surface area contributed by atoms with Crippen LogP contribution in [0.5, 0.6) is 0 Å². The fraction of sp³-hybridized carbons (Fsp3) is 0.333. The molecule has 2 aromatic carbocycles. The molecular weight excluding hydrogens is 364 g/mol. The van der Waals surface area contributed by atoms with Gasteiger partial charge in [-0.05, 0) is 43.5 Å². The summed E-state index contributed by atoms with van der Waals surface area (Å²) < 4.78 is 27.8. The standard InChI is InChI=1S/C21H23F2N3O2/c22-17-6-2-1-5-16(17)13-26(21(28)12-24-11-15-9-10-15)14-20(27)25-19-8-4-3-7-18(19)23/h1-8,15,24H,9-14H2,(H,25,27). The summed E-state index contributed by atoms with van der Waals surface area (Å²) in [6.07, 6.45) is 2.32. The summed E-state index contributed by atoms with van der Waals surface area (Å²) in [5.74, 6) is -1.25. The van der Waals surface area contributed by atoms with Crippen molar-refractivity contribution in [1.29, 1.82) is 0 Å². The van der Waals surface area contributed by atoms with Gasteiger partial charge in [0.25, 0.3) is 0 Å². The molecule has 0 spiro atoms. The second kappa shape index (κ2) is 9.41. The second-order valence-electron chi connectivity index (χ2n) is 6.94. The second-order valence-corrected chi connectivity index (χ2v) is 6.94. The van der Waals surface area contributed by atoms with Gasteiger partial charge in [0.15, 0.2) is 0 Å². The maximum absolute atomic E-state index is 14.0. The fourth-order valence-electron chi connectivity index (χ4n) is 2.81. The van der Waals surface area contributed by atoms with E-state index in [-0.39, 0.29) is 31.2 Å². The van der Waals surface area contributed by atoms with Crippen LogP contribution in [-0.4, -0.2) is 36.3 Å². The molecule has 1 aliphatic rings. The Bertz CT molecular complexity index is 840. The van der Waals surface area contributed by atoms with E-state index in [1.165, 1.54) is 29.2 Å². The zero-order valence-electron chi connectivity index (χ0n) is 15.5. The van der Waals surface area contributed by atoms with Crippen molar-refractivity contribution < 1.29 is 18.4 Å². The lowest BCUT2D eigenvalue weighted by Crippen LogP contribution is -2.42. The van der Waals surface area contributed by atoms with E-state index in [0.29, 0.717) is 11.5 Å². The molecular formula is C21H23F2N3O2. The molecule has 1 fully saturated rings. The minimum Gasteiger partial charge on any atom is -0.328 e. The first-order valence-electron chi connectivity index (χ1n) is 9.29. The third-order valence-corrected chi connectivity index (χ3v) is 4.56. The van der Waals surface area contributed by atoms with E-state index < -0.39 is 17.5 Å². The molecule has 0 saturated heterocycles. The van der Waals surface area contributed by atoms with E-state index in [1.807, 2.05) is 0 Å². The number of halogens is 2. The zero-order chi connectivity index (χ0) is 19.9. The minimum absolute atomic E-state index is 0.0395. The van der Waals surface area contributed by atoms with Gasteiger partial charge in [-0.1, -0.05) is 30.3 Å². The molecule has 0 radical (unpaired) electrons. The summed E-state index contributed by atoms with van der Waals surface area (Å²) >= 11 is 0. The average molecular weight is 387 g/mol. The average Bonchev–Trinajstić information content (AvgIpc) is 3.49. The van der Waals surface area contributed by atoms with Crippen LogP contribution in [-0.2, 0) is 16.1 Å². The number of nitrogens with one attached hydrogen (secondary N) is 2. The Morgan fingerprint density at radius 3 is 2.36 bits per heavy atom. The van der Waals surface area contributed by atoms with Crippen molar-refractivity contribution in [2.45, 2.75) is 19.4 Å². The van der Waals surface area contributed by atoms with Crippen LogP contribution in [0, 0.1) is 17.6 Å². The Labute approximate surface area is 162 Å². The molecule has 0 aliphatic heterocycles. The van der Waals surface area contributed by atoms with Crippen LogP contribution in [0.1, 0.15) is 18.4 Å². The van der Waals surface area contributed by atoms with Gasteiger partial charge in [0.1, 0.15) is 18.2 Å². The van der Waals surface area contributed by atoms with E-state index in [1.54, 1.807) is 24.3 Å². The van der Waals surface area contributed by atoms with Gasteiger partial charge in [-0.2, -0.15) is 0 Å². The SMILES string of the molecule is O=C(CN(Cc1ccccc1F)C(=O)CNCC1CC1)Nc1ccccc1F. The molecule has 2 amide bonds. The van der Waals surface area contributed by atoms with Crippen LogP contribution < -0.4 is 10.6 Å². The first kappa shape index (κ1) is 19.9. The first-order chi connectivity index (χ1) is 13.5. The molecule has 2 aromatic rings. The van der Waals surface area contributed by atoms with Gasteiger partial charge < -0.3 is 15.5 Å². The molecule has 0 atom stereocenters. The number of anilines is 1. The van der Waals surface area contributed by atoms with Crippen molar-refractivity contribution in [3.8, 4) is 0 Å². The fourth-order valence-corrected chi connectivity index (χ4v) is 2.81. The van der Waals surface area contributed by atoms with Crippen LogP contribution in [0.3, 0.4) is 0 Å². The van der Waals surface area contributed by atoms with Crippen LogP contribution >= 0.6 is 0 Å². The largest absolute Gasteiger partial charge is 0.328 e. The summed E-state index contributed by atoms with van der Waals surface area (Å²) in [6, 6.07) is 11.9. The van der Waals surface area contributed by atoms with Gasteiger partial charge in [-0.15, -0.1) is 0 Å². The van der Waals surface area contributed by atoms with Gasteiger partial charge >= 0.3 is 0 Å².